The standard InChI is InChI=1S/C17H23N5O2/c18-15-2-1-14-16(21-15)19-11-20-17(14)22-6-3-13(4-7-22)24-10-12-5-8-23-9-12/h1-2,11-13H,3-10H2,(H2,18,19,20,21). The molecule has 2 saturated heterocycles. The number of ether oxygens (including phenoxy) is 2. The molecule has 0 radical (unpaired) electrons. The Kier molecular flexibility index (Phi) is 4.44. The van der Waals surface area contributed by atoms with Crippen LogP contribution in [-0.4, -0.2) is 54.0 Å². The highest BCUT2D eigenvalue weighted by atomic mass is 16.5. The van der Waals surface area contributed by atoms with E-state index in [1.807, 2.05) is 6.07 Å². The van der Waals surface area contributed by atoms with Gasteiger partial charge in [-0.2, -0.15) is 0 Å². The van der Waals surface area contributed by atoms with E-state index in [-0.39, 0.29) is 0 Å². The van der Waals surface area contributed by atoms with Crippen molar-refractivity contribution >= 4 is 22.7 Å². The second-order valence-electron chi connectivity index (χ2n) is 6.55. The predicted molar refractivity (Wildman–Crippen MR) is 91.9 cm³/mol. The Morgan fingerprint density at radius 3 is 2.88 bits per heavy atom. The third kappa shape index (κ3) is 3.27. The van der Waals surface area contributed by atoms with Crippen molar-refractivity contribution in [3.63, 3.8) is 0 Å². The van der Waals surface area contributed by atoms with Gasteiger partial charge in [-0.15, -0.1) is 0 Å². The van der Waals surface area contributed by atoms with E-state index in [4.69, 9.17) is 15.2 Å². The number of nitrogen functional groups attached to an aromatic ring is 1. The molecule has 0 aliphatic carbocycles. The first-order valence-electron chi connectivity index (χ1n) is 8.61. The monoisotopic (exact) mass is 329 g/mol. The summed E-state index contributed by atoms with van der Waals surface area (Å²) in [6, 6.07) is 3.75. The minimum absolute atomic E-state index is 0.337. The molecule has 0 spiro atoms. The van der Waals surface area contributed by atoms with Crippen LogP contribution in [0.15, 0.2) is 18.5 Å². The van der Waals surface area contributed by atoms with Crippen molar-refractivity contribution in [1.82, 2.24) is 15.0 Å². The van der Waals surface area contributed by atoms with Gasteiger partial charge in [-0.25, -0.2) is 15.0 Å². The van der Waals surface area contributed by atoms with Crippen LogP contribution in [0.1, 0.15) is 19.3 Å². The van der Waals surface area contributed by atoms with Gasteiger partial charge in [0.15, 0.2) is 5.65 Å². The zero-order valence-corrected chi connectivity index (χ0v) is 13.7. The van der Waals surface area contributed by atoms with E-state index in [2.05, 4.69) is 19.9 Å². The Bertz CT molecular complexity index is 696. The summed E-state index contributed by atoms with van der Waals surface area (Å²) < 4.78 is 11.5. The van der Waals surface area contributed by atoms with Crippen LogP contribution < -0.4 is 10.6 Å². The highest BCUT2D eigenvalue weighted by molar-refractivity contribution is 5.87. The van der Waals surface area contributed by atoms with Crippen molar-refractivity contribution in [2.45, 2.75) is 25.4 Å². The first-order valence-corrected chi connectivity index (χ1v) is 8.61. The zero-order chi connectivity index (χ0) is 16.4. The van der Waals surface area contributed by atoms with Crippen molar-refractivity contribution in [3.8, 4) is 0 Å². The Labute approximate surface area is 141 Å². The fraction of sp³-hybridized carbons (Fsp3) is 0.588. The average molecular weight is 329 g/mol. The quantitative estimate of drug-likeness (QED) is 0.912. The molecule has 2 aromatic rings. The predicted octanol–water partition coefficient (Wildman–Crippen LogP) is 1.63. The van der Waals surface area contributed by atoms with Crippen molar-refractivity contribution in [2.24, 2.45) is 5.92 Å². The third-order valence-corrected chi connectivity index (χ3v) is 4.83. The molecule has 24 heavy (non-hydrogen) atoms. The van der Waals surface area contributed by atoms with E-state index in [0.717, 1.165) is 63.4 Å². The van der Waals surface area contributed by atoms with Gasteiger partial charge >= 0.3 is 0 Å². The Hall–Kier alpha value is -1.99. The minimum atomic E-state index is 0.337. The summed E-state index contributed by atoms with van der Waals surface area (Å²) in [6.45, 7) is 4.42. The summed E-state index contributed by atoms with van der Waals surface area (Å²) in [4.78, 5) is 15.3. The molecule has 0 bridgehead atoms. The Morgan fingerprint density at radius 1 is 1.21 bits per heavy atom. The lowest BCUT2D eigenvalue weighted by atomic mass is 10.1. The molecule has 1 atom stereocenters. The number of pyridine rings is 1. The molecule has 4 heterocycles. The summed E-state index contributed by atoms with van der Waals surface area (Å²) in [5, 5.41) is 0.953. The van der Waals surface area contributed by atoms with E-state index in [9.17, 15) is 0 Å². The van der Waals surface area contributed by atoms with Gasteiger partial charge in [-0.1, -0.05) is 0 Å². The molecule has 2 aromatic heterocycles. The molecule has 0 aromatic carbocycles. The van der Waals surface area contributed by atoms with Gasteiger partial charge in [0.2, 0.25) is 0 Å². The molecular weight excluding hydrogens is 306 g/mol. The first kappa shape index (κ1) is 15.5. The number of aromatic nitrogens is 3. The normalized spacial score (nSPS) is 22.3. The zero-order valence-electron chi connectivity index (χ0n) is 13.7. The number of fused-ring (bicyclic) bond motifs is 1. The number of piperidine rings is 1. The van der Waals surface area contributed by atoms with Gasteiger partial charge in [0.25, 0.3) is 0 Å². The van der Waals surface area contributed by atoms with Crippen LogP contribution in [0.25, 0.3) is 11.0 Å². The molecule has 0 amide bonds. The van der Waals surface area contributed by atoms with Gasteiger partial charge in [0, 0.05) is 25.6 Å². The molecule has 7 heteroatoms. The Balaban J connectivity index is 1.39. The highest BCUT2D eigenvalue weighted by Gasteiger charge is 2.24. The fourth-order valence-electron chi connectivity index (χ4n) is 3.42. The minimum Gasteiger partial charge on any atom is -0.384 e. The molecular formula is C17H23N5O2. The van der Waals surface area contributed by atoms with Crippen molar-refractivity contribution in [2.75, 3.05) is 43.5 Å². The van der Waals surface area contributed by atoms with Crippen LogP contribution in [-0.2, 0) is 9.47 Å². The van der Waals surface area contributed by atoms with Crippen LogP contribution in [0.3, 0.4) is 0 Å². The summed E-state index contributed by atoms with van der Waals surface area (Å²) in [6.07, 6.45) is 5.06. The number of hydrogen-bond donors (Lipinski definition) is 1. The lowest BCUT2D eigenvalue weighted by molar-refractivity contribution is 0.0131. The van der Waals surface area contributed by atoms with Crippen molar-refractivity contribution in [3.05, 3.63) is 18.5 Å². The lowest BCUT2D eigenvalue weighted by Crippen LogP contribution is -2.38. The van der Waals surface area contributed by atoms with Crippen LogP contribution in [0.4, 0.5) is 11.6 Å². The van der Waals surface area contributed by atoms with E-state index in [1.54, 1.807) is 12.4 Å². The largest absolute Gasteiger partial charge is 0.384 e. The lowest BCUT2D eigenvalue weighted by Gasteiger charge is -2.33. The highest BCUT2D eigenvalue weighted by Crippen LogP contribution is 2.26. The number of anilines is 2. The molecule has 2 aliphatic rings. The van der Waals surface area contributed by atoms with Crippen molar-refractivity contribution in [1.29, 1.82) is 0 Å². The number of nitrogens with zero attached hydrogens (tertiary/aromatic N) is 4. The second kappa shape index (κ2) is 6.86. The molecule has 2 aliphatic heterocycles. The first-order chi connectivity index (χ1) is 11.8. The van der Waals surface area contributed by atoms with Crippen LogP contribution in [0, 0.1) is 5.92 Å². The third-order valence-electron chi connectivity index (χ3n) is 4.83. The van der Waals surface area contributed by atoms with Gasteiger partial charge in [-0.3, -0.25) is 0 Å². The van der Waals surface area contributed by atoms with Crippen LogP contribution in [0.2, 0.25) is 0 Å². The summed E-state index contributed by atoms with van der Waals surface area (Å²) in [5.41, 5.74) is 6.40. The second-order valence-corrected chi connectivity index (χ2v) is 6.55. The summed E-state index contributed by atoms with van der Waals surface area (Å²) >= 11 is 0. The summed E-state index contributed by atoms with van der Waals surface area (Å²) in [5.74, 6) is 2.00. The van der Waals surface area contributed by atoms with Crippen LogP contribution >= 0.6 is 0 Å². The molecule has 4 rings (SSSR count). The maximum Gasteiger partial charge on any atom is 0.166 e. The molecule has 0 saturated carbocycles. The fourth-order valence-corrected chi connectivity index (χ4v) is 3.42. The molecule has 2 fully saturated rings. The van der Waals surface area contributed by atoms with Crippen LogP contribution in [0.5, 0.6) is 0 Å². The van der Waals surface area contributed by atoms with Crippen molar-refractivity contribution < 1.29 is 9.47 Å². The van der Waals surface area contributed by atoms with Gasteiger partial charge in [0.1, 0.15) is 18.0 Å². The maximum atomic E-state index is 6.09. The molecule has 128 valence electrons. The molecule has 2 N–H and O–H groups in total. The van der Waals surface area contributed by atoms with E-state index >= 15 is 0 Å². The molecule has 7 nitrogen and oxygen atoms in total. The number of nitrogens with two attached hydrogens (primary N) is 1. The number of hydrogen-bond acceptors (Lipinski definition) is 7. The SMILES string of the molecule is Nc1ccc2c(N3CCC(OCC4CCOC4)CC3)ncnc2n1. The van der Waals surface area contributed by atoms with Gasteiger partial charge in [0.05, 0.1) is 24.7 Å². The Morgan fingerprint density at radius 2 is 2.08 bits per heavy atom. The van der Waals surface area contributed by atoms with E-state index in [1.165, 1.54) is 0 Å². The van der Waals surface area contributed by atoms with E-state index < -0.39 is 0 Å². The topological polar surface area (TPSA) is 86.4 Å². The average Bonchev–Trinajstić information content (AvgIpc) is 3.13. The van der Waals surface area contributed by atoms with Gasteiger partial charge < -0.3 is 20.1 Å². The van der Waals surface area contributed by atoms with E-state index in [0.29, 0.717) is 23.5 Å². The maximum absolute atomic E-state index is 6.09. The molecule has 1 unspecified atom stereocenters. The smallest absolute Gasteiger partial charge is 0.166 e. The summed E-state index contributed by atoms with van der Waals surface area (Å²) in [7, 11) is 0. The van der Waals surface area contributed by atoms with Gasteiger partial charge in [-0.05, 0) is 31.4 Å². The number of rotatable bonds is 4.